The minimum atomic E-state index is -0.460. The highest BCUT2D eigenvalue weighted by Gasteiger charge is 2.45. The van der Waals surface area contributed by atoms with Gasteiger partial charge in [-0.1, -0.05) is 33.6 Å². The summed E-state index contributed by atoms with van der Waals surface area (Å²) in [5.41, 5.74) is 3.17. The smallest absolute Gasteiger partial charge is 0.122 e. The van der Waals surface area contributed by atoms with Crippen molar-refractivity contribution in [2.75, 3.05) is 6.61 Å². The summed E-state index contributed by atoms with van der Waals surface area (Å²) in [4.78, 5) is 0. The third-order valence-corrected chi connectivity index (χ3v) is 5.96. The lowest BCUT2D eigenvalue weighted by Gasteiger charge is -2.41. The second-order valence-corrected chi connectivity index (χ2v) is 7.92. The minimum absolute atomic E-state index is 0.344. The Labute approximate surface area is 149 Å². The van der Waals surface area contributed by atoms with Gasteiger partial charge in [0, 0.05) is 15.9 Å². The molecule has 0 saturated carbocycles. The lowest BCUT2D eigenvalue weighted by Crippen LogP contribution is -2.47. The van der Waals surface area contributed by atoms with Crippen molar-refractivity contribution in [3.63, 3.8) is 0 Å². The molecule has 4 rings (SSSR count). The molecule has 1 aliphatic heterocycles. The zero-order valence-electron chi connectivity index (χ0n) is 12.7. The van der Waals surface area contributed by atoms with Gasteiger partial charge in [0.05, 0.1) is 11.5 Å². The van der Waals surface area contributed by atoms with Gasteiger partial charge in [-0.05, 0) is 66.3 Å². The Bertz CT molecular complexity index is 761. The van der Waals surface area contributed by atoms with Crippen LogP contribution in [0.15, 0.2) is 40.9 Å². The second-order valence-electron chi connectivity index (χ2n) is 6.57. The molecule has 0 bridgehead atoms. The van der Waals surface area contributed by atoms with E-state index in [1.54, 1.807) is 0 Å². The van der Waals surface area contributed by atoms with Crippen LogP contribution >= 0.6 is 27.5 Å². The second kappa shape index (κ2) is 5.80. The summed E-state index contributed by atoms with van der Waals surface area (Å²) in [5.74, 6) is 0.880. The highest BCUT2D eigenvalue weighted by atomic mass is 79.9. The summed E-state index contributed by atoms with van der Waals surface area (Å²) in [6.45, 7) is 0.511. The maximum Gasteiger partial charge on any atom is 0.122 e. The molecule has 23 heavy (non-hydrogen) atoms. The van der Waals surface area contributed by atoms with Gasteiger partial charge in [-0.2, -0.15) is 0 Å². The fourth-order valence-corrected chi connectivity index (χ4v) is 4.64. The average molecular weight is 394 g/mol. The number of aliphatic hydroxyl groups is 1. The van der Waals surface area contributed by atoms with Gasteiger partial charge in [0.15, 0.2) is 0 Å². The van der Waals surface area contributed by atoms with Crippen LogP contribution in [0, 0.1) is 0 Å². The Morgan fingerprint density at radius 3 is 2.91 bits per heavy atom. The first-order chi connectivity index (χ1) is 11.1. The number of ether oxygens (including phenoxy) is 1. The van der Waals surface area contributed by atoms with E-state index in [9.17, 15) is 5.11 Å². The number of rotatable bonds is 0. The molecule has 120 valence electrons. The third-order valence-electron chi connectivity index (χ3n) is 5.23. The molecule has 0 saturated heterocycles. The molecular formula is C19H18BrClO2. The molecule has 0 fully saturated rings. The van der Waals surface area contributed by atoms with E-state index in [4.69, 9.17) is 16.3 Å². The molecule has 2 aromatic carbocycles. The van der Waals surface area contributed by atoms with E-state index in [1.807, 2.05) is 30.3 Å². The van der Waals surface area contributed by atoms with Crippen LogP contribution in [0.3, 0.4) is 0 Å². The topological polar surface area (TPSA) is 29.5 Å². The molecule has 2 atom stereocenters. The van der Waals surface area contributed by atoms with Gasteiger partial charge in [-0.25, -0.2) is 0 Å². The molecule has 1 N–H and O–H groups in total. The molecule has 1 heterocycles. The Kier molecular flexibility index (Phi) is 3.91. The normalized spacial score (nSPS) is 26.1. The number of benzene rings is 2. The molecular weight excluding hydrogens is 376 g/mol. The molecule has 1 unspecified atom stereocenters. The molecule has 1 aliphatic carbocycles. The molecule has 2 aliphatic rings. The van der Waals surface area contributed by atoms with E-state index in [2.05, 4.69) is 22.0 Å². The fourth-order valence-electron chi connectivity index (χ4n) is 4.03. The molecule has 4 heteroatoms. The zero-order chi connectivity index (χ0) is 16.0. The summed E-state index contributed by atoms with van der Waals surface area (Å²) in [6, 6.07) is 12.1. The Morgan fingerprint density at radius 2 is 2.04 bits per heavy atom. The maximum atomic E-state index is 11.1. The van der Waals surface area contributed by atoms with Crippen molar-refractivity contribution < 1.29 is 9.84 Å². The van der Waals surface area contributed by atoms with Gasteiger partial charge in [0.2, 0.25) is 0 Å². The van der Waals surface area contributed by atoms with Crippen LogP contribution in [0.2, 0.25) is 5.02 Å². The molecule has 1 spiro atoms. The maximum absolute atomic E-state index is 11.1. The molecule has 2 aromatic rings. The van der Waals surface area contributed by atoms with E-state index in [0.717, 1.165) is 40.1 Å². The van der Waals surface area contributed by atoms with Crippen molar-refractivity contribution in [2.45, 2.75) is 37.2 Å². The van der Waals surface area contributed by atoms with Crippen molar-refractivity contribution in [1.82, 2.24) is 0 Å². The number of fused-ring (bicyclic) bond motifs is 3. The van der Waals surface area contributed by atoms with Crippen LogP contribution in [0.25, 0.3) is 0 Å². The summed E-state index contributed by atoms with van der Waals surface area (Å²) in [6.07, 6.45) is 3.16. The lowest BCUT2D eigenvalue weighted by atomic mass is 9.66. The predicted octanol–water partition coefficient (Wildman–Crippen LogP) is 4.67. The number of aryl methyl sites for hydroxylation is 1. The molecule has 0 radical (unpaired) electrons. The van der Waals surface area contributed by atoms with Gasteiger partial charge in [-0.3, -0.25) is 0 Å². The monoisotopic (exact) mass is 392 g/mol. The quantitative estimate of drug-likeness (QED) is 0.704. The standard InChI is InChI=1S/C19H18BrClO2/c20-14-3-6-17-13(8-14)10-18(22)19(11-23-17)7-1-2-12-9-15(21)4-5-16(12)19/h3-6,8-9,18,22H,1-2,7,10-11H2/t18?,19-/m0/s1. The Balaban J connectivity index is 1.79. The highest BCUT2D eigenvalue weighted by molar-refractivity contribution is 9.10. The van der Waals surface area contributed by atoms with Gasteiger partial charge < -0.3 is 9.84 Å². The number of hydrogen-bond donors (Lipinski definition) is 1. The van der Waals surface area contributed by atoms with Crippen molar-refractivity contribution in [3.8, 4) is 5.75 Å². The van der Waals surface area contributed by atoms with Gasteiger partial charge >= 0.3 is 0 Å². The average Bonchev–Trinajstić information content (AvgIpc) is 2.65. The van der Waals surface area contributed by atoms with E-state index >= 15 is 0 Å². The van der Waals surface area contributed by atoms with Crippen LogP contribution in [0.4, 0.5) is 0 Å². The van der Waals surface area contributed by atoms with Gasteiger partial charge in [0.25, 0.3) is 0 Å². The highest BCUT2D eigenvalue weighted by Crippen LogP contribution is 2.45. The third kappa shape index (κ3) is 2.59. The summed E-state index contributed by atoms with van der Waals surface area (Å²) < 4.78 is 7.15. The van der Waals surface area contributed by atoms with Crippen LogP contribution in [-0.4, -0.2) is 17.8 Å². The molecule has 0 amide bonds. The van der Waals surface area contributed by atoms with Crippen LogP contribution in [0.5, 0.6) is 5.75 Å². The van der Waals surface area contributed by atoms with Crippen molar-refractivity contribution in [1.29, 1.82) is 0 Å². The number of hydrogen-bond acceptors (Lipinski definition) is 2. The largest absolute Gasteiger partial charge is 0.492 e. The SMILES string of the molecule is OC1Cc2cc(Br)ccc2OC[C@]12CCCc1cc(Cl)ccc12. The van der Waals surface area contributed by atoms with Gasteiger partial charge in [-0.15, -0.1) is 0 Å². The molecule has 2 nitrogen and oxygen atoms in total. The first kappa shape index (κ1) is 15.5. The van der Waals surface area contributed by atoms with Crippen LogP contribution in [-0.2, 0) is 18.3 Å². The minimum Gasteiger partial charge on any atom is -0.492 e. The van der Waals surface area contributed by atoms with Crippen molar-refractivity contribution in [3.05, 3.63) is 62.6 Å². The van der Waals surface area contributed by atoms with Crippen molar-refractivity contribution in [2.24, 2.45) is 0 Å². The lowest BCUT2D eigenvalue weighted by molar-refractivity contribution is 0.0437. The predicted molar refractivity (Wildman–Crippen MR) is 95.4 cm³/mol. The Hall–Kier alpha value is -1.03. The van der Waals surface area contributed by atoms with Crippen LogP contribution < -0.4 is 4.74 Å². The van der Waals surface area contributed by atoms with E-state index in [0.29, 0.717) is 13.0 Å². The summed E-state index contributed by atoms with van der Waals surface area (Å²) in [7, 11) is 0. The van der Waals surface area contributed by atoms with Crippen molar-refractivity contribution >= 4 is 27.5 Å². The first-order valence-corrected chi connectivity index (χ1v) is 9.14. The number of aliphatic hydroxyl groups excluding tert-OH is 1. The van der Waals surface area contributed by atoms with Gasteiger partial charge in [0.1, 0.15) is 12.4 Å². The van der Waals surface area contributed by atoms with Crippen LogP contribution in [0.1, 0.15) is 29.5 Å². The van der Waals surface area contributed by atoms with E-state index < -0.39 is 6.10 Å². The molecule has 0 aromatic heterocycles. The summed E-state index contributed by atoms with van der Waals surface area (Å²) in [5, 5.41) is 11.9. The zero-order valence-corrected chi connectivity index (χ0v) is 15.0. The van der Waals surface area contributed by atoms with E-state index in [1.165, 1.54) is 11.1 Å². The summed E-state index contributed by atoms with van der Waals surface area (Å²) >= 11 is 9.67. The number of halogens is 2. The first-order valence-electron chi connectivity index (χ1n) is 7.97. The van der Waals surface area contributed by atoms with E-state index in [-0.39, 0.29) is 5.41 Å². The fraction of sp³-hybridized carbons (Fsp3) is 0.368. The Morgan fingerprint density at radius 1 is 1.17 bits per heavy atom.